The summed E-state index contributed by atoms with van der Waals surface area (Å²) < 4.78 is 14.1. The third kappa shape index (κ3) is 3.76. The fraction of sp³-hybridized carbons (Fsp3) is 0.0833. The normalized spacial score (nSPS) is 10.4. The van der Waals surface area contributed by atoms with Crippen LogP contribution in [-0.4, -0.2) is 5.91 Å². The number of furan rings is 1. The van der Waals surface area contributed by atoms with E-state index in [-0.39, 0.29) is 12.4 Å². The summed E-state index contributed by atoms with van der Waals surface area (Å²) in [6, 6.07) is 5.75. The third-order valence-electron chi connectivity index (χ3n) is 2.42. The fourth-order valence-electron chi connectivity index (χ4n) is 1.53. The van der Waals surface area contributed by atoms with E-state index >= 15 is 0 Å². The van der Waals surface area contributed by atoms with Gasteiger partial charge in [-0.05, 0) is 86.0 Å². The molecule has 0 saturated carbocycles. The van der Waals surface area contributed by atoms with Crippen molar-refractivity contribution in [1.29, 1.82) is 0 Å². The van der Waals surface area contributed by atoms with E-state index in [4.69, 9.17) is 15.0 Å². The monoisotopic (exact) mass is 610 g/mol. The van der Waals surface area contributed by atoms with E-state index in [0.717, 1.165) is 16.5 Å². The lowest BCUT2D eigenvalue weighted by Crippen LogP contribution is -2.30. The van der Waals surface area contributed by atoms with Gasteiger partial charge in [0.15, 0.2) is 5.76 Å². The third-order valence-corrected chi connectivity index (χ3v) is 4.64. The number of carbonyl (C=O) groups is 1. The summed E-state index contributed by atoms with van der Waals surface area (Å²) in [5, 5.41) is 0. The maximum atomic E-state index is 11.5. The van der Waals surface area contributed by atoms with Crippen molar-refractivity contribution in [3.8, 4) is 5.75 Å². The van der Waals surface area contributed by atoms with Crippen LogP contribution in [0.2, 0.25) is 0 Å². The predicted molar refractivity (Wildman–Crippen MR) is 99.3 cm³/mol. The first-order chi connectivity index (χ1) is 9.52. The number of hydrazine groups is 1. The van der Waals surface area contributed by atoms with Gasteiger partial charge in [-0.1, -0.05) is 0 Å². The lowest BCUT2D eigenvalue weighted by molar-refractivity contribution is 0.0922. The number of ether oxygens (including phenoxy) is 1. The molecule has 1 amide bonds. The zero-order chi connectivity index (χ0) is 14.7. The molecule has 0 bridgehead atoms. The molecule has 0 spiro atoms. The van der Waals surface area contributed by atoms with E-state index in [1.807, 2.05) is 17.6 Å². The number of nitrogen functional groups attached to an aromatic ring is 1. The topological polar surface area (TPSA) is 77.5 Å². The van der Waals surface area contributed by atoms with Crippen molar-refractivity contribution in [1.82, 2.24) is 5.43 Å². The molecule has 0 fully saturated rings. The van der Waals surface area contributed by atoms with Gasteiger partial charge in [-0.3, -0.25) is 10.2 Å². The smallest absolute Gasteiger partial charge is 0.301 e. The maximum absolute atomic E-state index is 11.5. The summed E-state index contributed by atoms with van der Waals surface area (Å²) in [7, 11) is 0. The van der Waals surface area contributed by atoms with Crippen LogP contribution < -0.4 is 16.0 Å². The van der Waals surface area contributed by atoms with Crippen molar-refractivity contribution in [2.75, 3.05) is 0 Å². The minimum absolute atomic E-state index is 0.169. The molecule has 1 aromatic carbocycles. The van der Waals surface area contributed by atoms with Crippen LogP contribution in [0.3, 0.4) is 0 Å². The fourth-order valence-corrected chi connectivity index (χ4v) is 5.42. The van der Waals surface area contributed by atoms with E-state index in [2.05, 4.69) is 67.8 Å². The van der Waals surface area contributed by atoms with Crippen LogP contribution in [0.5, 0.6) is 5.75 Å². The van der Waals surface area contributed by atoms with Crippen molar-refractivity contribution >= 4 is 73.7 Å². The minimum atomic E-state index is -0.472. The van der Waals surface area contributed by atoms with Crippen LogP contribution >= 0.6 is 67.8 Å². The lowest BCUT2D eigenvalue weighted by atomic mass is 10.2. The van der Waals surface area contributed by atoms with Crippen molar-refractivity contribution in [3.63, 3.8) is 0 Å². The van der Waals surface area contributed by atoms with Gasteiger partial charge in [0, 0.05) is 9.13 Å². The summed E-state index contributed by atoms with van der Waals surface area (Å²) in [5.41, 5.74) is 2.70. The molecule has 0 atom stereocenters. The van der Waals surface area contributed by atoms with Crippen LogP contribution in [-0.2, 0) is 6.61 Å². The molecule has 0 aliphatic rings. The number of nitrogens with two attached hydrogens (primary N) is 1. The summed E-state index contributed by atoms with van der Waals surface area (Å²) in [6.07, 6.45) is 1.44. The van der Waals surface area contributed by atoms with E-state index in [0.29, 0.717) is 5.56 Å². The van der Waals surface area contributed by atoms with Gasteiger partial charge in [-0.15, -0.1) is 0 Å². The van der Waals surface area contributed by atoms with Gasteiger partial charge >= 0.3 is 5.91 Å². The van der Waals surface area contributed by atoms with E-state index in [9.17, 15) is 4.79 Å². The highest BCUT2D eigenvalue weighted by atomic mass is 127. The van der Waals surface area contributed by atoms with Gasteiger partial charge in [-0.25, -0.2) is 5.84 Å². The molecular weight excluding hydrogens is 601 g/mol. The van der Waals surface area contributed by atoms with Gasteiger partial charge in [0.05, 0.1) is 13.4 Å². The number of nitrogens with one attached hydrogen (secondary N) is 1. The molecule has 0 aliphatic carbocycles. The molecule has 0 aliphatic heterocycles. The second-order valence-corrected chi connectivity index (χ2v) is 7.31. The molecule has 5 nitrogen and oxygen atoms in total. The Morgan fingerprint density at radius 3 is 2.55 bits per heavy atom. The van der Waals surface area contributed by atoms with Gasteiger partial charge in [-0.2, -0.15) is 0 Å². The van der Waals surface area contributed by atoms with Crippen molar-refractivity contribution < 1.29 is 13.9 Å². The average molecular weight is 610 g/mol. The highest BCUT2D eigenvalue weighted by Gasteiger charge is 2.16. The molecule has 0 saturated heterocycles. The zero-order valence-electron chi connectivity index (χ0n) is 9.95. The number of amides is 1. The first-order valence-electron chi connectivity index (χ1n) is 5.37. The Morgan fingerprint density at radius 2 is 1.95 bits per heavy atom. The number of benzene rings is 1. The first-order valence-corrected chi connectivity index (χ1v) is 8.61. The van der Waals surface area contributed by atoms with Crippen LogP contribution in [0.1, 0.15) is 16.1 Å². The van der Waals surface area contributed by atoms with E-state index < -0.39 is 5.91 Å². The van der Waals surface area contributed by atoms with Crippen LogP contribution in [0.25, 0.3) is 0 Å². The molecule has 0 radical (unpaired) electrons. The summed E-state index contributed by atoms with van der Waals surface area (Å²) in [6.45, 7) is 0.242. The highest BCUT2D eigenvalue weighted by molar-refractivity contribution is 14.1. The largest absolute Gasteiger partial charge is 0.487 e. The van der Waals surface area contributed by atoms with Gasteiger partial charge < -0.3 is 9.15 Å². The molecule has 2 rings (SSSR count). The van der Waals surface area contributed by atoms with E-state index in [1.54, 1.807) is 6.07 Å². The first kappa shape index (κ1) is 16.3. The average Bonchev–Trinajstić information content (AvgIpc) is 2.85. The summed E-state index contributed by atoms with van der Waals surface area (Å²) in [5.74, 6) is 5.60. The molecule has 20 heavy (non-hydrogen) atoms. The molecular formula is C12H9I3N2O3. The van der Waals surface area contributed by atoms with Gasteiger partial charge in [0.25, 0.3) is 0 Å². The van der Waals surface area contributed by atoms with Crippen molar-refractivity contribution in [2.24, 2.45) is 5.84 Å². The zero-order valence-corrected chi connectivity index (χ0v) is 16.4. The Kier molecular flexibility index (Phi) is 5.92. The quantitative estimate of drug-likeness (QED) is 0.242. The van der Waals surface area contributed by atoms with Crippen molar-refractivity contribution in [2.45, 2.75) is 6.61 Å². The summed E-state index contributed by atoms with van der Waals surface area (Å²) >= 11 is 6.71. The van der Waals surface area contributed by atoms with Gasteiger partial charge in [0.2, 0.25) is 0 Å². The number of hydrogen-bond donors (Lipinski definition) is 2. The molecule has 3 N–H and O–H groups in total. The Morgan fingerprint density at radius 1 is 1.30 bits per heavy atom. The lowest BCUT2D eigenvalue weighted by Gasteiger charge is -2.10. The van der Waals surface area contributed by atoms with Crippen LogP contribution in [0, 0.1) is 10.7 Å². The standard InChI is InChI=1S/C12H9I3N2O3/c13-7-3-8(14)11(9(15)4-7)20-5-6-1-2-19-10(6)12(18)17-16/h1-4H,5,16H2,(H,17,18). The number of rotatable bonds is 4. The Labute approximate surface area is 156 Å². The van der Waals surface area contributed by atoms with E-state index in [1.165, 1.54) is 6.26 Å². The molecule has 1 heterocycles. The predicted octanol–water partition coefficient (Wildman–Crippen LogP) is 3.28. The van der Waals surface area contributed by atoms with Crippen LogP contribution in [0.15, 0.2) is 28.9 Å². The number of halogens is 3. The second-order valence-electron chi connectivity index (χ2n) is 3.74. The molecule has 1 aromatic heterocycles. The summed E-state index contributed by atoms with van der Waals surface area (Å²) in [4.78, 5) is 11.5. The Hall–Kier alpha value is -0.0800. The Bertz CT molecular complexity index is 620. The molecule has 2 aromatic rings. The molecule has 8 heteroatoms. The highest BCUT2D eigenvalue weighted by Crippen LogP contribution is 2.30. The maximum Gasteiger partial charge on any atom is 0.301 e. The molecule has 106 valence electrons. The Balaban J connectivity index is 2.18. The van der Waals surface area contributed by atoms with Crippen LogP contribution in [0.4, 0.5) is 0 Å². The number of carbonyl (C=O) groups excluding carboxylic acids is 1. The molecule has 0 unspecified atom stereocenters. The van der Waals surface area contributed by atoms with Gasteiger partial charge in [0.1, 0.15) is 12.4 Å². The minimum Gasteiger partial charge on any atom is -0.487 e. The van der Waals surface area contributed by atoms with Crippen molar-refractivity contribution in [3.05, 3.63) is 46.5 Å². The second kappa shape index (κ2) is 7.26. The SMILES string of the molecule is NNC(=O)c1occc1COc1c(I)cc(I)cc1I. The number of hydrogen-bond acceptors (Lipinski definition) is 4.